The zero-order valence-corrected chi connectivity index (χ0v) is 11.5. The lowest BCUT2D eigenvalue weighted by molar-refractivity contribution is 0.0965. The van der Waals surface area contributed by atoms with E-state index in [1.807, 2.05) is 12.1 Å². The number of hydrogen-bond donors (Lipinski definition) is 0. The van der Waals surface area contributed by atoms with Crippen LogP contribution in [0.4, 0.5) is 0 Å². The maximum atomic E-state index is 12.0. The fourth-order valence-electron chi connectivity index (χ4n) is 2.43. The highest BCUT2D eigenvalue weighted by atomic mass is 35.5. The van der Waals surface area contributed by atoms with Crippen LogP contribution in [0.3, 0.4) is 0 Å². The molecule has 1 aromatic carbocycles. The van der Waals surface area contributed by atoms with Crippen LogP contribution in [0, 0.1) is 0 Å². The molecule has 1 fully saturated rings. The van der Waals surface area contributed by atoms with Crippen molar-refractivity contribution in [1.82, 2.24) is 4.90 Å². The quantitative estimate of drug-likeness (QED) is 0.772. The standard InChI is InChI=1S/C15H20ClNO/c16-14-7-5-6-13(12-14)15(18)8-11-17-9-3-1-2-4-10-17/h5-7,12H,1-4,8-11H2. The Kier molecular flexibility index (Phi) is 5.21. The number of benzene rings is 1. The van der Waals surface area contributed by atoms with E-state index in [1.165, 1.54) is 25.7 Å². The van der Waals surface area contributed by atoms with Crippen LogP contribution in [0.5, 0.6) is 0 Å². The molecular formula is C15H20ClNO. The summed E-state index contributed by atoms with van der Waals surface area (Å²) in [5, 5.41) is 0.635. The molecule has 1 aromatic rings. The highest BCUT2D eigenvalue weighted by molar-refractivity contribution is 6.31. The molecule has 0 aliphatic carbocycles. The molecule has 0 amide bonds. The third-order valence-corrected chi connectivity index (χ3v) is 3.74. The van der Waals surface area contributed by atoms with E-state index in [1.54, 1.807) is 12.1 Å². The van der Waals surface area contributed by atoms with Gasteiger partial charge in [0.15, 0.2) is 5.78 Å². The zero-order chi connectivity index (χ0) is 12.8. The molecule has 0 N–H and O–H groups in total. The predicted molar refractivity (Wildman–Crippen MR) is 75.3 cm³/mol. The Morgan fingerprint density at radius 1 is 1.17 bits per heavy atom. The van der Waals surface area contributed by atoms with E-state index < -0.39 is 0 Å². The Balaban J connectivity index is 1.84. The first-order chi connectivity index (χ1) is 8.75. The number of carbonyl (C=O) groups excluding carboxylic acids is 1. The van der Waals surface area contributed by atoms with Crippen LogP contribution in [-0.4, -0.2) is 30.3 Å². The van der Waals surface area contributed by atoms with Crippen LogP contribution < -0.4 is 0 Å². The molecule has 0 bridgehead atoms. The third-order valence-electron chi connectivity index (χ3n) is 3.50. The molecule has 0 saturated carbocycles. The van der Waals surface area contributed by atoms with Crippen molar-refractivity contribution in [2.75, 3.05) is 19.6 Å². The molecule has 1 aliphatic rings. The first-order valence-corrected chi connectivity index (χ1v) is 7.14. The number of ketones is 1. The Morgan fingerprint density at radius 2 is 1.89 bits per heavy atom. The molecule has 3 heteroatoms. The molecule has 18 heavy (non-hydrogen) atoms. The second-order valence-corrected chi connectivity index (χ2v) is 5.38. The number of rotatable bonds is 4. The largest absolute Gasteiger partial charge is 0.303 e. The molecule has 98 valence electrons. The second-order valence-electron chi connectivity index (χ2n) is 4.94. The first kappa shape index (κ1) is 13.6. The van der Waals surface area contributed by atoms with Gasteiger partial charge in [0.05, 0.1) is 0 Å². The topological polar surface area (TPSA) is 20.3 Å². The Morgan fingerprint density at radius 3 is 2.56 bits per heavy atom. The van der Waals surface area contributed by atoms with E-state index in [2.05, 4.69) is 4.90 Å². The van der Waals surface area contributed by atoms with Crippen LogP contribution in [0.1, 0.15) is 42.5 Å². The molecular weight excluding hydrogens is 246 g/mol. The minimum absolute atomic E-state index is 0.196. The van der Waals surface area contributed by atoms with Crippen LogP contribution >= 0.6 is 11.6 Å². The summed E-state index contributed by atoms with van der Waals surface area (Å²) in [4.78, 5) is 14.5. The van der Waals surface area contributed by atoms with E-state index in [0.29, 0.717) is 11.4 Å². The van der Waals surface area contributed by atoms with Gasteiger partial charge < -0.3 is 4.90 Å². The average molecular weight is 266 g/mol. The lowest BCUT2D eigenvalue weighted by Crippen LogP contribution is -2.27. The Hall–Kier alpha value is -0.860. The zero-order valence-electron chi connectivity index (χ0n) is 10.7. The lowest BCUT2D eigenvalue weighted by atomic mass is 10.1. The molecule has 0 atom stereocenters. The van der Waals surface area contributed by atoms with Crippen molar-refractivity contribution in [3.63, 3.8) is 0 Å². The molecule has 1 saturated heterocycles. The smallest absolute Gasteiger partial charge is 0.164 e. The predicted octanol–water partition coefficient (Wildman–Crippen LogP) is 3.79. The van der Waals surface area contributed by atoms with Crippen molar-refractivity contribution in [3.05, 3.63) is 34.9 Å². The highest BCUT2D eigenvalue weighted by Crippen LogP contribution is 2.14. The number of carbonyl (C=O) groups is 1. The van der Waals surface area contributed by atoms with E-state index in [9.17, 15) is 4.79 Å². The molecule has 0 unspecified atom stereocenters. The van der Waals surface area contributed by atoms with Crippen molar-refractivity contribution < 1.29 is 4.79 Å². The van der Waals surface area contributed by atoms with Crippen molar-refractivity contribution in [2.24, 2.45) is 0 Å². The van der Waals surface area contributed by atoms with Crippen molar-refractivity contribution in [1.29, 1.82) is 0 Å². The monoisotopic (exact) mass is 265 g/mol. The van der Waals surface area contributed by atoms with E-state index in [4.69, 9.17) is 11.6 Å². The summed E-state index contributed by atoms with van der Waals surface area (Å²) in [6.07, 6.45) is 5.80. The first-order valence-electron chi connectivity index (χ1n) is 6.77. The van der Waals surface area contributed by atoms with Gasteiger partial charge in [-0.2, -0.15) is 0 Å². The molecule has 1 heterocycles. The van der Waals surface area contributed by atoms with E-state index in [-0.39, 0.29) is 5.78 Å². The molecule has 0 spiro atoms. The fraction of sp³-hybridized carbons (Fsp3) is 0.533. The van der Waals surface area contributed by atoms with Crippen LogP contribution in [0.2, 0.25) is 5.02 Å². The SMILES string of the molecule is O=C(CCN1CCCCCC1)c1cccc(Cl)c1. The molecule has 0 radical (unpaired) electrons. The summed E-state index contributed by atoms with van der Waals surface area (Å²) in [5.74, 6) is 0.196. The van der Waals surface area contributed by atoms with Gasteiger partial charge in [0, 0.05) is 23.6 Å². The summed E-state index contributed by atoms with van der Waals surface area (Å²) < 4.78 is 0. The summed E-state index contributed by atoms with van der Waals surface area (Å²) >= 11 is 5.90. The van der Waals surface area contributed by atoms with Gasteiger partial charge in [-0.05, 0) is 38.1 Å². The average Bonchev–Trinajstić information content (AvgIpc) is 2.64. The highest BCUT2D eigenvalue weighted by Gasteiger charge is 2.12. The van der Waals surface area contributed by atoms with Gasteiger partial charge >= 0.3 is 0 Å². The van der Waals surface area contributed by atoms with E-state index >= 15 is 0 Å². The van der Waals surface area contributed by atoms with Crippen molar-refractivity contribution in [2.45, 2.75) is 32.1 Å². The summed E-state index contributed by atoms with van der Waals surface area (Å²) in [6.45, 7) is 3.16. The lowest BCUT2D eigenvalue weighted by Gasteiger charge is -2.18. The minimum atomic E-state index is 0.196. The second kappa shape index (κ2) is 6.91. The summed E-state index contributed by atoms with van der Waals surface area (Å²) in [6, 6.07) is 7.23. The summed E-state index contributed by atoms with van der Waals surface area (Å²) in [5.41, 5.74) is 0.734. The number of nitrogens with zero attached hydrogens (tertiary/aromatic N) is 1. The van der Waals surface area contributed by atoms with Gasteiger partial charge in [0.1, 0.15) is 0 Å². The number of Topliss-reactive ketones (excluding diaryl/α,β-unsaturated/α-hetero) is 1. The number of likely N-dealkylation sites (tertiary alicyclic amines) is 1. The molecule has 0 aromatic heterocycles. The molecule has 2 nitrogen and oxygen atoms in total. The van der Waals surface area contributed by atoms with Gasteiger partial charge in [0.2, 0.25) is 0 Å². The third kappa shape index (κ3) is 4.11. The Labute approximate surface area is 114 Å². The molecule has 1 aliphatic heterocycles. The number of halogens is 1. The maximum absolute atomic E-state index is 12.0. The van der Waals surface area contributed by atoms with Gasteiger partial charge in [-0.3, -0.25) is 4.79 Å². The van der Waals surface area contributed by atoms with Crippen molar-refractivity contribution in [3.8, 4) is 0 Å². The van der Waals surface area contributed by atoms with Gasteiger partial charge in [-0.25, -0.2) is 0 Å². The Bertz CT molecular complexity index is 397. The minimum Gasteiger partial charge on any atom is -0.303 e. The van der Waals surface area contributed by atoms with E-state index in [0.717, 1.165) is 25.2 Å². The van der Waals surface area contributed by atoms with Crippen LogP contribution in [-0.2, 0) is 0 Å². The van der Waals surface area contributed by atoms with Gasteiger partial charge in [0.25, 0.3) is 0 Å². The van der Waals surface area contributed by atoms with Gasteiger partial charge in [-0.15, -0.1) is 0 Å². The molecule has 2 rings (SSSR count). The van der Waals surface area contributed by atoms with Crippen LogP contribution in [0.15, 0.2) is 24.3 Å². The normalized spacial score (nSPS) is 17.4. The van der Waals surface area contributed by atoms with Crippen molar-refractivity contribution >= 4 is 17.4 Å². The fourth-order valence-corrected chi connectivity index (χ4v) is 2.62. The number of hydrogen-bond acceptors (Lipinski definition) is 2. The van der Waals surface area contributed by atoms with Gasteiger partial charge in [-0.1, -0.05) is 36.6 Å². The van der Waals surface area contributed by atoms with Crippen LogP contribution in [0.25, 0.3) is 0 Å². The maximum Gasteiger partial charge on any atom is 0.164 e. The summed E-state index contributed by atoms with van der Waals surface area (Å²) in [7, 11) is 0.